The highest BCUT2D eigenvalue weighted by Gasteiger charge is 2.26. The van der Waals surface area contributed by atoms with Gasteiger partial charge in [-0.05, 0) is 74.6 Å². The molecule has 1 atom stereocenters. The molecule has 2 rings (SSSR count). The second kappa shape index (κ2) is 13.1. The minimum absolute atomic E-state index is 0.121. The van der Waals surface area contributed by atoms with Crippen molar-refractivity contribution in [3.63, 3.8) is 0 Å². The smallest absolute Gasteiger partial charge is 0.242 e. The predicted molar refractivity (Wildman–Crippen MR) is 145 cm³/mol. The van der Waals surface area contributed by atoms with Crippen molar-refractivity contribution in [2.45, 2.75) is 59.5 Å². The van der Waals surface area contributed by atoms with Crippen molar-refractivity contribution in [3.8, 4) is 0 Å². The lowest BCUT2D eigenvalue weighted by Crippen LogP contribution is -2.47. The second-order valence-corrected chi connectivity index (χ2v) is 11.6. The average molecular weight is 567 g/mol. The summed E-state index contributed by atoms with van der Waals surface area (Å²) in [5.74, 6) is -0.402. The first kappa shape index (κ1) is 28.8. The summed E-state index contributed by atoms with van der Waals surface area (Å²) in [6.07, 6.45) is 2.43. The van der Waals surface area contributed by atoms with Crippen molar-refractivity contribution in [2.24, 2.45) is 0 Å². The SMILES string of the molecule is CCCNC(=O)[C@H](C)N(Cc1cccc(Br)c1)C(=O)CCCN(c1ccc(C)c(C)c1)S(C)(=O)=O. The molecule has 2 aromatic rings. The van der Waals surface area contributed by atoms with Gasteiger partial charge in [0.1, 0.15) is 6.04 Å². The first-order chi connectivity index (χ1) is 16.4. The number of nitrogens with zero attached hydrogens (tertiary/aromatic N) is 2. The third-order valence-electron chi connectivity index (χ3n) is 5.89. The Balaban J connectivity index is 2.17. The molecule has 0 bridgehead atoms. The standard InChI is InChI=1S/C26H36BrN3O4S/c1-6-14-28-26(32)21(4)29(18-22-9-7-10-23(27)17-22)25(31)11-8-15-30(35(5,33)34)24-13-12-19(2)20(3)16-24/h7,9-10,12-13,16-17,21H,6,8,11,14-15,18H2,1-5H3,(H,28,32)/t21-/m0/s1. The van der Waals surface area contributed by atoms with Gasteiger partial charge in [0, 0.05) is 30.5 Å². The minimum Gasteiger partial charge on any atom is -0.354 e. The molecule has 0 saturated carbocycles. The van der Waals surface area contributed by atoms with Crippen LogP contribution in [0, 0.1) is 13.8 Å². The summed E-state index contributed by atoms with van der Waals surface area (Å²) in [5.41, 5.74) is 3.56. The van der Waals surface area contributed by atoms with E-state index in [1.807, 2.05) is 57.2 Å². The molecular weight excluding hydrogens is 530 g/mol. The van der Waals surface area contributed by atoms with Gasteiger partial charge in [0.25, 0.3) is 0 Å². The van der Waals surface area contributed by atoms with Gasteiger partial charge in [-0.15, -0.1) is 0 Å². The minimum atomic E-state index is -3.52. The van der Waals surface area contributed by atoms with Crippen LogP contribution in [0.5, 0.6) is 0 Å². The van der Waals surface area contributed by atoms with Crippen LogP contribution in [0.2, 0.25) is 0 Å². The number of sulfonamides is 1. The molecule has 0 radical (unpaired) electrons. The maximum Gasteiger partial charge on any atom is 0.242 e. The number of halogens is 1. The van der Waals surface area contributed by atoms with E-state index in [0.717, 1.165) is 27.6 Å². The van der Waals surface area contributed by atoms with E-state index >= 15 is 0 Å². The van der Waals surface area contributed by atoms with Gasteiger partial charge < -0.3 is 10.2 Å². The summed E-state index contributed by atoms with van der Waals surface area (Å²) in [5, 5.41) is 2.86. The quantitative estimate of drug-likeness (QED) is 0.408. The van der Waals surface area contributed by atoms with Gasteiger partial charge in [-0.2, -0.15) is 0 Å². The highest BCUT2D eigenvalue weighted by atomic mass is 79.9. The first-order valence-corrected chi connectivity index (χ1v) is 14.4. The van der Waals surface area contributed by atoms with Crippen LogP contribution in [0.25, 0.3) is 0 Å². The second-order valence-electron chi connectivity index (χ2n) is 8.83. The molecule has 0 aliphatic heterocycles. The monoisotopic (exact) mass is 565 g/mol. The topological polar surface area (TPSA) is 86.8 Å². The lowest BCUT2D eigenvalue weighted by molar-refractivity contribution is -0.140. The van der Waals surface area contributed by atoms with Crippen LogP contribution in [0.3, 0.4) is 0 Å². The fourth-order valence-corrected chi connectivity index (χ4v) is 5.10. The Morgan fingerprint density at radius 3 is 2.40 bits per heavy atom. The zero-order valence-corrected chi connectivity index (χ0v) is 23.6. The number of carbonyl (C=O) groups is 2. The molecule has 0 aliphatic carbocycles. The Morgan fingerprint density at radius 1 is 1.09 bits per heavy atom. The van der Waals surface area contributed by atoms with Crippen LogP contribution < -0.4 is 9.62 Å². The Bertz CT molecular complexity index is 1140. The van der Waals surface area contributed by atoms with Gasteiger partial charge in [-0.3, -0.25) is 13.9 Å². The van der Waals surface area contributed by atoms with Crippen LogP contribution in [-0.2, 0) is 26.2 Å². The molecule has 1 N–H and O–H groups in total. The van der Waals surface area contributed by atoms with E-state index in [1.165, 1.54) is 10.6 Å². The van der Waals surface area contributed by atoms with Crippen molar-refractivity contribution in [1.82, 2.24) is 10.2 Å². The highest BCUT2D eigenvalue weighted by molar-refractivity contribution is 9.10. The number of hydrogen-bond donors (Lipinski definition) is 1. The number of amides is 2. The molecule has 0 heterocycles. The zero-order chi connectivity index (χ0) is 26.2. The molecule has 35 heavy (non-hydrogen) atoms. The molecular formula is C26H36BrN3O4S. The van der Waals surface area contributed by atoms with E-state index in [-0.39, 0.29) is 31.3 Å². The van der Waals surface area contributed by atoms with Crippen LogP contribution in [0.4, 0.5) is 5.69 Å². The summed E-state index contributed by atoms with van der Waals surface area (Å²) in [7, 11) is -3.52. The fraction of sp³-hybridized carbons (Fsp3) is 0.462. The number of benzene rings is 2. The van der Waals surface area contributed by atoms with Gasteiger partial charge in [-0.1, -0.05) is 41.1 Å². The number of rotatable bonds is 12. The van der Waals surface area contributed by atoms with Gasteiger partial charge in [-0.25, -0.2) is 8.42 Å². The van der Waals surface area contributed by atoms with Crippen LogP contribution in [-0.4, -0.2) is 50.5 Å². The molecule has 0 aromatic heterocycles. The van der Waals surface area contributed by atoms with E-state index in [4.69, 9.17) is 0 Å². The van der Waals surface area contributed by atoms with Gasteiger partial charge in [0.15, 0.2) is 0 Å². The summed E-state index contributed by atoms with van der Waals surface area (Å²) in [6.45, 7) is 8.60. The molecule has 0 saturated heterocycles. The van der Waals surface area contributed by atoms with Crippen LogP contribution >= 0.6 is 15.9 Å². The largest absolute Gasteiger partial charge is 0.354 e. The molecule has 7 nitrogen and oxygen atoms in total. The Morgan fingerprint density at radius 2 is 1.80 bits per heavy atom. The Hall–Kier alpha value is -2.39. The summed E-state index contributed by atoms with van der Waals surface area (Å²) in [4.78, 5) is 27.5. The third kappa shape index (κ3) is 8.65. The lowest BCUT2D eigenvalue weighted by atomic mass is 10.1. The van der Waals surface area contributed by atoms with Crippen molar-refractivity contribution in [2.75, 3.05) is 23.7 Å². The van der Waals surface area contributed by atoms with Gasteiger partial charge >= 0.3 is 0 Å². The molecule has 192 valence electrons. The summed E-state index contributed by atoms with van der Waals surface area (Å²) >= 11 is 3.45. The summed E-state index contributed by atoms with van der Waals surface area (Å²) < 4.78 is 27.2. The van der Waals surface area contributed by atoms with Crippen molar-refractivity contribution < 1.29 is 18.0 Å². The highest BCUT2D eigenvalue weighted by Crippen LogP contribution is 2.22. The number of hydrogen-bond acceptors (Lipinski definition) is 4. The normalized spacial score (nSPS) is 12.2. The molecule has 9 heteroatoms. The summed E-state index contributed by atoms with van der Waals surface area (Å²) in [6, 6.07) is 12.5. The van der Waals surface area contributed by atoms with E-state index in [9.17, 15) is 18.0 Å². The average Bonchev–Trinajstić information content (AvgIpc) is 2.79. The predicted octanol–water partition coefficient (Wildman–Crippen LogP) is 4.56. The maximum atomic E-state index is 13.3. The number of carbonyl (C=O) groups excluding carboxylic acids is 2. The van der Waals surface area contributed by atoms with Gasteiger partial charge in [0.2, 0.25) is 21.8 Å². The molecule has 2 amide bonds. The lowest BCUT2D eigenvalue weighted by Gasteiger charge is -2.29. The third-order valence-corrected chi connectivity index (χ3v) is 7.58. The van der Waals surface area contributed by atoms with Crippen molar-refractivity contribution in [3.05, 3.63) is 63.6 Å². The number of aryl methyl sites for hydroxylation is 2. The fourth-order valence-electron chi connectivity index (χ4n) is 3.70. The molecule has 0 unspecified atom stereocenters. The van der Waals surface area contributed by atoms with Crippen molar-refractivity contribution in [1.29, 1.82) is 0 Å². The Kier molecular flexibility index (Phi) is 10.8. The first-order valence-electron chi connectivity index (χ1n) is 11.8. The van der Waals surface area contributed by atoms with E-state index in [0.29, 0.717) is 18.7 Å². The zero-order valence-electron chi connectivity index (χ0n) is 21.2. The number of anilines is 1. The van der Waals surface area contributed by atoms with E-state index < -0.39 is 16.1 Å². The molecule has 0 spiro atoms. The van der Waals surface area contributed by atoms with Crippen LogP contribution in [0.15, 0.2) is 46.9 Å². The Labute approximate surface area is 218 Å². The molecule has 2 aromatic carbocycles. The van der Waals surface area contributed by atoms with Crippen molar-refractivity contribution >= 4 is 43.5 Å². The number of nitrogens with one attached hydrogen (secondary N) is 1. The van der Waals surface area contributed by atoms with Gasteiger partial charge in [0.05, 0.1) is 11.9 Å². The van der Waals surface area contributed by atoms with E-state index in [2.05, 4.69) is 21.2 Å². The molecule has 0 fully saturated rings. The maximum absolute atomic E-state index is 13.3. The van der Waals surface area contributed by atoms with Crippen LogP contribution in [0.1, 0.15) is 49.8 Å². The molecule has 0 aliphatic rings. The van der Waals surface area contributed by atoms with E-state index in [1.54, 1.807) is 17.9 Å².